The van der Waals surface area contributed by atoms with Crippen LogP contribution in [-0.4, -0.2) is 29.0 Å². The molecule has 7 heteroatoms. The highest BCUT2D eigenvalue weighted by Gasteiger charge is 2.30. The van der Waals surface area contributed by atoms with Gasteiger partial charge in [-0.05, 0) is 59.8 Å². The molecule has 0 N–H and O–H groups in total. The molecular weight excluding hydrogens is 372 g/mol. The van der Waals surface area contributed by atoms with Crippen molar-refractivity contribution in [2.75, 3.05) is 7.05 Å². The molecule has 0 aliphatic carbocycles. The summed E-state index contributed by atoms with van der Waals surface area (Å²) in [5.41, 5.74) is 1.56. The number of rotatable bonds is 3. The monoisotopic (exact) mass is 386 g/mol. The molecule has 0 atom stereocenters. The van der Waals surface area contributed by atoms with E-state index in [0.717, 1.165) is 11.3 Å². The highest BCUT2D eigenvalue weighted by atomic mass is 35.5. The van der Waals surface area contributed by atoms with E-state index in [0.29, 0.717) is 20.8 Å². The normalized spacial score (nSPS) is 17.2. The van der Waals surface area contributed by atoms with Crippen molar-refractivity contribution in [2.45, 2.75) is 6.92 Å². The van der Waals surface area contributed by atoms with E-state index in [1.807, 2.05) is 0 Å². The number of aliphatic imine (C=N–C) groups is 1. The van der Waals surface area contributed by atoms with Crippen LogP contribution in [0.3, 0.4) is 0 Å². The second-order valence-electron chi connectivity index (χ2n) is 5.51. The molecule has 1 aliphatic heterocycles. The number of amides is 1. The number of carbonyl (C=O) groups is 2. The van der Waals surface area contributed by atoms with Crippen LogP contribution in [0.25, 0.3) is 6.08 Å². The number of nitrogens with zero attached hydrogens (tertiary/aromatic N) is 2. The Kier molecular flexibility index (Phi) is 5.44. The standard InChI is InChI=1S/C19H15ClN2O3S/c1-12(23)25-16-9-3-13(4-10-16)11-17-18(24)22(2)19(26-17)21-15-7-5-14(20)6-8-15/h3-11H,1-2H3/b17-11-,21-19?. The van der Waals surface area contributed by atoms with Crippen LogP contribution in [0.5, 0.6) is 5.75 Å². The number of likely N-dealkylation sites (N-methyl/N-ethyl adjacent to an activating group) is 1. The van der Waals surface area contributed by atoms with Crippen LogP contribution in [0.15, 0.2) is 58.4 Å². The maximum Gasteiger partial charge on any atom is 0.308 e. The van der Waals surface area contributed by atoms with Crippen LogP contribution in [0.2, 0.25) is 5.02 Å². The molecule has 2 aromatic carbocycles. The number of carbonyl (C=O) groups excluding carboxylic acids is 2. The maximum absolute atomic E-state index is 12.4. The number of esters is 1. The molecule has 1 fully saturated rings. The predicted octanol–water partition coefficient (Wildman–Crippen LogP) is 4.50. The van der Waals surface area contributed by atoms with Gasteiger partial charge in [0.1, 0.15) is 5.75 Å². The lowest BCUT2D eigenvalue weighted by atomic mass is 10.2. The van der Waals surface area contributed by atoms with E-state index in [1.165, 1.54) is 23.6 Å². The predicted molar refractivity (Wildman–Crippen MR) is 105 cm³/mol. The van der Waals surface area contributed by atoms with Crippen molar-refractivity contribution in [3.05, 3.63) is 64.0 Å². The number of amidine groups is 1. The minimum absolute atomic E-state index is 0.119. The summed E-state index contributed by atoms with van der Waals surface area (Å²) in [7, 11) is 1.69. The summed E-state index contributed by atoms with van der Waals surface area (Å²) in [5.74, 6) is -0.0266. The van der Waals surface area contributed by atoms with E-state index >= 15 is 0 Å². The molecule has 0 aromatic heterocycles. The molecular formula is C19H15ClN2O3S. The first-order valence-corrected chi connectivity index (χ1v) is 8.92. The minimum atomic E-state index is -0.373. The zero-order valence-electron chi connectivity index (χ0n) is 14.1. The van der Waals surface area contributed by atoms with Crippen molar-refractivity contribution in [1.29, 1.82) is 0 Å². The van der Waals surface area contributed by atoms with E-state index in [-0.39, 0.29) is 11.9 Å². The van der Waals surface area contributed by atoms with E-state index in [1.54, 1.807) is 61.7 Å². The van der Waals surface area contributed by atoms with Crippen molar-refractivity contribution >= 4 is 52.2 Å². The highest BCUT2D eigenvalue weighted by molar-refractivity contribution is 8.18. The zero-order valence-corrected chi connectivity index (χ0v) is 15.7. The summed E-state index contributed by atoms with van der Waals surface area (Å²) >= 11 is 7.18. The molecule has 0 radical (unpaired) electrons. The van der Waals surface area contributed by atoms with Gasteiger partial charge >= 0.3 is 5.97 Å². The van der Waals surface area contributed by atoms with Crippen LogP contribution >= 0.6 is 23.4 Å². The Morgan fingerprint density at radius 3 is 2.42 bits per heavy atom. The topological polar surface area (TPSA) is 59.0 Å². The van der Waals surface area contributed by atoms with Gasteiger partial charge in [0.2, 0.25) is 0 Å². The van der Waals surface area contributed by atoms with Crippen LogP contribution in [-0.2, 0) is 9.59 Å². The van der Waals surface area contributed by atoms with Gasteiger partial charge in [-0.2, -0.15) is 0 Å². The van der Waals surface area contributed by atoms with E-state index in [9.17, 15) is 9.59 Å². The van der Waals surface area contributed by atoms with Crippen molar-refractivity contribution in [3.63, 3.8) is 0 Å². The highest BCUT2D eigenvalue weighted by Crippen LogP contribution is 2.33. The van der Waals surface area contributed by atoms with Crippen molar-refractivity contribution in [1.82, 2.24) is 4.90 Å². The van der Waals surface area contributed by atoms with Crippen molar-refractivity contribution in [3.8, 4) is 5.75 Å². The molecule has 0 saturated carbocycles. The summed E-state index contributed by atoms with van der Waals surface area (Å²) in [5, 5.41) is 1.23. The SMILES string of the molecule is CC(=O)Oc1ccc(/C=C2\SC(=Nc3ccc(Cl)cc3)N(C)C2=O)cc1. The van der Waals surface area contributed by atoms with Gasteiger partial charge < -0.3 is 4.74 Å². The smallest absolute Gasteiger partial charge is 0.308 e. The Morgan fingerprint density at radius 1 is 1.15 bits per heavy atom. The van der Waals surface area contributed by atoms with Gasteiger partial charge in [-0.1, -0.05) is 23.7 Å². The molecule has 2 aromatic rings. The summed E-state index contributed by atoms with van der Waals surface area (Å²) in [6.45, 7) is 1.35. The van der Waals surface area contributed by atoms with E-state index < -0.39 is 0 Å². The van der Waals surface area contributed by atoms with E-state index in [4.69, 9.17) is 16.3 Å². The quantitative estimate of drug-likeness (QED) is 0.442. The number of thioether (sulfide) groups is 1. The Bertz CT molecular complexity index is 905. The van der Waals surface area contributed by atoms with Gasteiger partial charge in [-0.15, -0.1) is 0 Å². The lowest BCUT2D eigenvalue weighted by molar-refractivity contribution is -0.131. The first kappa shape index (κ1) is 18.2. The van der Waals surface area contributed by atoms with Gasteiger partial charge in [0, 0.05) is 19.0 Å². The van der Waals surface area contributed by atoms with Crippen molar-refractivity contribution in [2.24, 2.45) is 4.99 Å². The molecule has 1 heterocycles. The third kappa shape index (κ3) is 4.33. The second-order valence-corrected chi connectivity index (χ2v) is 6.95. The van der Waals surface area contributed by atoms with Gasteiger partial charge in [0.05, 0.1) is 10.6 Å². The van der Waals surface area contributed by atoms with Gasteiger partial charge in [-0.3, -0.25) is 14.5 Å². The molecule has 5 nitrogen and oxygen atoms in total. The second kappa shape index (κ2) is 7.76. The van der Waals surface area contributed by atoms with Gasteiger partial charge in [-0.25, -0.2) is 4.99 Å². The fourth-order valence-electron chi connectivity index (χ4n) is 2.23. The molecule has 1 saturated heterocycles. The molecule has 3 rings (SSSR count). The largest absolute Gasteiger partial charge is 0.427 e. The Morgan fingerprint density at radius 2 is 1.81 bits per heavy atom. The lowest BCUT2D eigenvalue weighted by Gasteiger charge is -2.07. The number of hydrogen-bond donors (Lipinski definition) is 0. The first-order chi connectivity index (χ1) is 12.4. The summed E-state index contributed by atoms with van der Waals surface area (Å²) in [4.78, 5) is 30.0. The minimum Gasteiger partial charge on any atom is -0.427 e. The molecule has 0 bridgehead atoms. The molecule has 1 amide bonds. The Hall–Kier alpha value is -2.57. The van der Waals surface area contributed by atoms with Crippen LogP contribution in [0, 0.1) is 0 Å². The zero-order chi connectivity index (χ0) is 18.7. The molecule has 132 valence electrons. The van der Waals surface area contributed by atoms with Crippen LogP contribution in [0.4, 0.5) is 5.69 Å². The number of benzene rings is 2. The Balaban J connectivity index is 1.80. The summed E-state index contributed by atoms with van der Waals surface area (Å²) in [6.07, 6.45) is 1.78. The summed E-state index contributed by atoms with van der Waals surface area (Å²) in [6, 6.07) is 14.0. The maximum atomic E-state index is 12.4. The molecule has 0 spiro atoms. The fourth-order valence-corrected chi connectivity index (χ4v) is 3.34. The molecule has 1 aliphatic rings. The third-order valence-electron chi connectivity index (χ3n) is 3.49. The van der Waals surface area contributed by atoms with Crippen LogP contribution in [0.1, 0.15) is 12.5 Å². The molecule has 26 heavy (non-hydrogen) atoms. The third-order valence-corrected chi connectivity index (χ3v) is 4.81. The average molecular weight is 387 g/mol. The van der Waals surface area contributed by atoms with Gasteiger partial charge in [0.25, 0.3) is 5.91 Å². The number of ether oxygens (including phenoxy) is 1. The molecule has 0 unspecified atom stereocenters. The van der Waals surface area contributed by atoms with Gasteiger partial charge in [0.15, 0.2) is 5.17 Å². The summed E-state index contributed by atoms with van der Waals surface area (Å²) < 4.78 is 5.00. The van der Waals surface area contributed by atoms with Crippen LogP contribution < -0.4 is 4.74 Å². The first-order valence-electron chi connectivity index (χ1n) is 7.73. The number of hydrogen-bond acceptors (Lipinski definition) is 5. The fraction of sp³-hybridized carbons (Fsp3) is 0.105. The lowest BCUT2D eigenvalue weighted by Crippen LogP contribution is -2.23. The number of halogens is 1. The van der Waals surface area contributed by atoms with E-state index in [2.05, 4.69) is 4.99 Å². The average Bonchev–Trinajstić information content (AvgIpc) is 2.86. The Labute approximate surface area is 160 Å². The van der Waals surface area contributed by atoms with Crippen molar-refractivity contribution < 1.29 is 14.3 Å².